The van der Waals surface area contributed by atoms with Crippen LogP contribution in [0, 0.1) is 11.3 Å². The molecule has 132 valence electrons. The lowest BCUT2D eigenvalue weighted by Crippen LogP contribution is -2.36. The van der Waals surface area contributed by atoms with Crippen molar-refractivity contribution in [3.05, 3.63) is 29.8 Å². The van der Waals surface area contributed by atoms with Gasteiger partial charge in [0.15, 0.2) is 0 Å². The molecule has 0 radical (unpaired) electrons. The largest absolute Gasteiger partial charge is 0.326 e. The Hall–Kier alpha value is -1.91. The number of carbonyl (C=O) groups is 1. The van der Waals surface area contributed by atoms with Gasteiger partial charge in [-0.05, 0) is 24.6 Å². The topological polar surface area (TPSA) is 81.5 Å². The van der Waals surface area contributed by atoms with Crippen LogP contribution >= 0.6 is 0 Å². The number of amides is 1. The van der Waals surface area contributed by atoms with Crippen molar-refractivity contribution >= 4 is 15.9 Å². The minimum atomic E-state index is -3.62. The highest BCUT2D eigenvalue weighted by Gasteiger charge is 2.25. The summed E-state index contributed by atoms with van der Waals surface area (Å²) in [7, 11) is -2.05. The number of hydrogen-bond donors (Lipinski definition) is 0. The molecule has 24 heavy (non-hydrogen) atoms. The SMILES string of the molecule is CCC[C@H](C#N)N(C)C(=O)c1cccc(S(=O)(=O)N(CC)CC)c1. The van der Waals surface area contributed by atoms with Crippen LogP contribution in [-0.2, 0) is 10.0 Å². The summed E-state index contributed by atoms with van der Waals surface area (Å²) in [5, 5.41) is 9.20. The Bertz CT molecular complexity index is 706. The summed E-state index contributed by atoms with van der Waals surface area (Å²) in [6, 6.07) is 7.58. The average Bonchev–Trinajstić information content (AvgIpc) is 2.59. The molecular weight excluding hydrogens is 326 g/mol. The summed E-state index contributed by atoms with van der Waals surface area (Å²) < 4.78 is 26.5. The quantitative estimate of drug-likeness (QED) is 0.720. The number of sulfonamides is 1. The van der Waals surface area contributed by atoms with Crippen LogP contribution in [0.2, 0.25) is 0 Å². The van der Waals surface area contributed by atoms with Gasteiger partial charge in [0.25, 0.3) is 5.91 Å². The molecule has 7 heteroatoms. The molecule has 0 spiro atoms. The molecule has 0 aliphatic heterocycles. The number of carbonyl (C=O) groups excluding carboxylic acids is 1. The number of hydrogen-bond acceptors (Lipinski definition) is 4. The number of benzene rings is 1. The molecule has 1 aromatic rings. The molecule has 6 nitrogen and oxygen atoms in total. The normalized spacial score (nSPS) is 12.7. The van der Waals surface area contributed by atoms with Gasteiger partial charge in [0.05, 0.1) is 11.0 Å². The van der Waals surface area contributed by atoms with E-state index in [1.54, 1.807) is 33.0 Å². The van der Waals surface area contributed by atoms with Crippen LogP contribution in [0.1, 0.15) is 44.0 Å². The minimum Gasteiger partial charge on any atom is -0.326 e. The van der Waals surface area contributed by atoms with Crippen LogP contribution in [0.3, 0.4) is 0 Å². The molecule has 1 atom stereocenters. The van der Waals surface area contributed by atoms with E-state index < -0.39 is 16.1 Å². The van der Waals surface area contributed by atoms with E-state index in [1.807, 2.05) is 6.92 Å². The molecule has 0 bridgehead atoms. The van der Waals surface area contributed by atoms with Crippen LogP contribution in [0.15, 0.2) is 29.2 Å². The first kappa shape index (κ1) is 20.1. The Morgan fingerprint density at radius 3 is 2.38 bits per heavy atom. The first-order valence-electron chi connectivity index (χ1n) is 8.10. The van der Waals surface area contributed by atoms with Gasteiger partial charge in [-0.2, -0.15) is 9.57 Å². The lowest BCUT2D eigenvalue weighted by Gasteiger charge is -2.23. The Labute approximate surface area is 144 Å². The second-order valence-electron chi connectivity index (χ2n) is 5.47. The molecule has 0 N–H and O–H groups in total. The van der Waals surface area contributed by atoms with Gasteiger partial charge in [-0.1, -0.05) is 33.3 Å². The molecule has 1 rings (SSSR count). The molecule has 0 aromatic heterocycles. The lowest BCUT2D eigenvalue weighted by atomic mass is 10.1. The third kappa shape index (κ3) is 4.34. The molecule has 1 amide bonds. The van der Waals surface area contributed by atoms with Crippen molar-refractivity contribution < 1.29 is 13.2 Å². The van der Waals surface area contributed by atoms with Crippen LogP contribution in [0.4, 0.5) is 0 Å². The first-order chi connectivity index (χ1) is 11.3. The van der Waals surface area contributed by atoms with Crippen molar-refractivity contribution in [2.75, 3.05) is 20.1 Å². The summed E-state index contributed by atoms with van der Waals surface area (Å²) in [6.07, 6.45) is 1.36. The Morgan fingerprint density at radius 1 is 1.25 bits per heavy atom. The van der Waals surface area contributed by atoms with Crippen molar-refractivity contribution in [3.8, 4) is 6.07 Å². The molecule has 0 saturated heterocycles. The van der Waals surface area contributed by atoms with Crippen LogP contribution < -0.4 is 0 Å². The van der Waals surface area contributed by atoms with Crippen LogP contribution in [0.25, 0.3) is 0 Å². The average molecular weight is 351 g/mol. The monoisotopic (exact) mass is 351 g/mol. The lowest BCUT2D eigenvalue weighted by molar-refractivity contribution is 0.0758. The highest BCUT2D eigenvalue weighted by molar-refractivity contribution is 7.89. The standard InChI is InChI=1S/C17H25N3O3S/c1-5-9-15(13-18)19(4)17(21)14-10-8-11-16(12-14)24(22,23)20(6-2)7-3/h8,10-12,15H,5-7,9H2,1-4H3/t15-/m1/s1. The van der Waals surface area contributed by atoms with Gasteiger partial charge in [-0.15, -0.1) is 0 Å². The van der Waals surface area contributed by atoms with E-state index in [0.29, 0.717) is 19.5 Å². The fourth-order valence-corrected chi connectivity index (χ4v) is 3.97. The molecule has 0 fully saturated rings. The Balaban J connectivity index is 3.17. The third-order valence-corrected chi connectivity index (χ3v) is 5.97. The van der Waals surface area contributed by atoms with Crippen molar-refractivity contribution in [2.45, 2.75) is 44.6 Å². The van der Waals surface area contributed by atoms with Crippen molar-refractivity contribution in [3.63, 3.8) is 0 Å². The zero-order chi connectivity index (χ0) is 18.3. The Kier molecular flexibility index (Phi) is 7.39. The zero-order valence-electron chi connectivity index (χ0n) is 14.7. The summed E-state index contributed by atoms with van der Waals surface area (Å²) >= 11 is 0. The van der Waals surface area contributed by atoms with Gasteiger partial charge in [-0.25, -0.2) is 8.42 Å². The van der Waals surface area contributed by atoms with E-state index in [9.17, 15) is 18.5 Å². The summed E-state index contributed by atoms with van der Waals surface area (Å²) in [6.45, 7) is 6.21. The highest BCUT2D eigenvalue weighted by Crippen LogP contribution is 2.18. The van der Waals surface area contributed by atoms with Crippen molar-refractivity contribution in [2.24, 2.45) is 0 Å². The predicted octanol–water partition coefficient (Wildman–Crippen LogP) is 2.48. The molecule has 0 aliphatic rings. The molecular formula is C17H25N3O3S. The molecule has 0 unspecified atom stereocenters. The van der Waals surface area contributed by atoms with Gasteiger partial charge in [0.2, 0.25) is 10.0 Å². The van der Waals surface area contributed by atoms with Crippen molar-refractivity contribution in [1.29, 1.82) is 5.26 Å². The van der Waals surface area contributed by atoms with E-state index in [-0.39, 0.29) is 16.4 Å². The van der Waals surface area contributed by atoms with Gasteiger partial charge in [0.1, 0.15) is 6.04 Å². The predicted molar refractivity (Wildman–Crippen MR) is 93.0 cm³/mol. The van der Waals surface area contributed by atoms with E-state index in [4.69, 9.17) is 0 Å². The minimum absolute atomic E-state index is 0.0921. The number of nitriles is 1. The molecule has 0 aliphatic carbocycles. The van der Waals surface area contributed by atoms with Gasteiger partial charge < -0.3 is 4.90 Å². The van der Waals surface area contributed by atoms with Gasteiger partial charge in [-0.3, -0.25) is 4.79 Å². The molecule has 0 saturated carbocycles. The maximum atomic E-state index is 12.6. The second kappa shape index (κ2) is 8.81. The zero-order valence-corrected chi connectivity index (χ0v) is 15.5. The van der Waals surface area contributed by atoms with E-state index in [0.717, 1.165) is 6.42 Å². The number of rotatable bonds is 8. The smallest absolute Gasteiger partial charge is 0.254 e. The van der Waals surface area contributed by atoms with Gasteiger partial charge >= 0.3 is 0 Å². The third-order valence-electron chi connectivity index (χ3n) is 3.92. The van der Waals surface area contributed by atoms with E-state index in [2.05, 4.69) is 6.07 Å². The van der Waals surface area contributed by atoms with E-state index >= 15 is 0 Å². The van der Waals surface area contributed by atoms with Crippen molar-refractivity contribution in [1.82, 2.24) is 9.21 Å². The summed E-state index contributed by atoms with van der Waals surface area (Å²) in [5.74, 6) is -0.355. The van der Waals surface area contributed by atoms with E-state index in [1.165, 1.54) is 21.3 Å². The second-order valence-corrected chi connectivity index (χ2v) is 7.40. The van der Waals surface area contributed by atoms with Gasteiger partial charge in [0, 0.05) is 25.7 Å². The maximum Gasteiger partial charge on any atom is 0.254 e. The summed E-state index contributed by atoms with van der Waals surface area (Å²) in [4.78, 5) is 14.0. The Morgan fingerprint density at radius 2 is 1.88 bits per heavy atom. The number of nitrogens with zero attached hydrogens (tertiary/aromatic N) is 3. The highest BCUT2D eigenvalue weighted by atomic mass is 32.2. The molecule has 1 aromatic carbocycles. The van der Waals surface area contributed by atoms with Crippen LogP contribution in [0.5, 0.6) is 0 Å². The van der Waals surface area contributed by atoms with Crippen LogP contribution in [-0.4, -0.2) is 49.7 Å². The fraction of sp³-hybridized carbons (Fsp3) is 0.529. The first-order valence-corrected chi connectivity index (χ1v) is 9.54. The molecule has 0 heterocycles. The maximum absolute atomic E-state index is 12.6. The fourth-order valence-electron chi connectivity index (χ4n) is 2.47. The summed E-state index contributed by atoms with van der Waals surface area (Å²) in [5.41, 5.74) is 0.266.